The van der Waals surface area contributed by atoms with Crippen LogP contribution in [-0.4, -0.2) is 67.1 Å². The van der Waals surface area contributed by atoms with Crippen LogP contribution in [0.25, 0.3) is 0 Å². The fraction of sp³-hybridized carbons (Fsp3) is 0.458. The van der Waals surface area contributed by atoms with Crippen LogP contribution >= 0.6 is 0 Å². The number of benzene rings is 1. The van der Waals surface area contributed by atoms with E-state index in [9.17, 15) is 9.59 Å². The molecule has 2 aliphatic rings. The summed E-state index contributed by atoms with van der Waals surface area (Å²) >= 11 is 0. The Labute approximate surface area is 188 Å². The number of ether oxygens (including phenoxy) is 3. The number of rotatable bonds is 6. The molecule has 0 atom stereocenters. The van der Waals surface area contributed by atoms with Gasteiger partial charge in [-0.3, -0.25) is 9.59 Å². The molecule has 4 rings (SSSR count). The molecule has 0 bridgehead atoms. The number of methoxy groups -OCH3 is 2. The van der Waals surface area contributed by atoms with Crippen molar-refractivity contribution in [2.24, 2.45) is 0 Å². The second-order valence-electron chi connectivity index (χ2n) is 8.02. The number of aryl methyl sites for hydroxylation is 1. The molecule has 0 unspecified atom stereocenters. The molecule has 3 heterocycles. The Morgan fingerprint density at radius 2 is 1.84 bits per heavy atom. The fourth-order valence-electron chi connectivity index (χ4n) is 4.18. The molecule has 1 saturated heterocycles. The van der Waals surface area contributed by atoms with Crippen LogP contribution in [0.4, 0.5) is 0 Å². The minimum absolute atomic E-state index is 0.178. The summed E-state index contributed by atoms with van der Waals surface area (Å²) in [5.74, 6) is 1.42. The number of aromatic nitrogens is 1. The van der Waals surface area contributed by atoms with Crippen molar-refractivity contribution < 1.29 is 23.8 Å². The number of nitrogens with zero attached hydrogens (tertiary/aromatic N) is 3. The summed E-state index contributed by atoms with van der Waals surface area (Å²) in [6.07, 6.45) is 3.37. The molecule has 8 heteroatoms. The molecule has 2 amide bonds. The zero-order valence-corrected chi connectivity index (χ0v) is 18.6. The number of pyridine rings is 1. The van der Waals surface area contributed by atoms with E-state index in [1.807, 2.05) is 23.1 Å². The lowest BCUT2D eigenvalue weighted by Gasteiger charge is -2.21. The largest absolute Gasteiger partial charge is 0.491 e. The first-order valence-electron chi connectivity index (χ1n) is 11.0. The smallest absolute Gasteiger partial charge is 0.259 e. The summed E-state index contributed by atoms with van der Waals surface area (Å²) < 4.78 is 16.3. The Morgan fingerprint density at radius 3 is 2.59 bits per heavy atom. The molecule has 2 aromatic rings. The first kappa shape index (κ1) is 21.9. The van der Waals surface area contributed by atoms with Gasteiger partial charge in [-0.2, -0.15) is 4.98 Å². The van der Waals surface area contributed by atoms with Gasteiger partial charge >= 0.3 is 0 Å². The lowest BCUT2D eigenvalue weighted by Crippen LogP contribution is -2.32. The Hall–Kier alpha value is -3.29. The summed E-state index contributed by atoms with van der Waals surface area (Å²) in [6.45, 7) is 3.01. The third-order valence-corrected chi connectivity index (χ3v) is 5.95. The van der Waals surface area contributed by atoms with Gasteiger partial charge in [-0.25, -0.2) is 0 Å². The van der Waals surface area contributed by atoms with E-state index in [2.05, 4.69) is 4.98 Å². The van der Waals surface area contributed by atoms with E-state index in [1.54, 1.807) is 17.0 Å². The molecular formula is C24H29N3O5. The highest BCUT2D eigenvalue weighted by molar-refractivity contribution is 5.96. The fourth-order valence-corrected chi connectivity index (χ4v) is 4.18. The Morgan fingerprint density at radius 1 is 1.03 bits per heavy atom. The average Bonchev–Trinajstić information content (AvgIpc) is 3.28. The van der Waals surface area contributed by atoms with Gasteiger partial charge in [-0.05, 0) is 37.0 Å². The van der Waals surface area contributed by atoms with Crippen molar-refractivity contribution in [1.82, 2.24) is 14.8 Å². The number of carbonyl (C=O) groups is 2. The van der Waals surface area contributed by atoms with Crippen LogP contribution in [0.3, 0.4) is 0 Å². The summed E-state index contributed by atoms with van der Waals surface area (Å²) in [4.78, 5) is 33.5. The highest BCUT2D eigenvalue weighted by atomic mass is 16.5. The minimum Gasteiger partial charge on any atom is -0.491 e. The number of hydrogen-bond acceptors (Lipinski definition) is 6. The normalized spacial score (nSPS) is 15.6. The van der Waals surface area contributed by atoms with Gasteiger partial charge in [0, 0.05) is 37.7 Å². The number of hydrogen-bond donors (Lipinski definition) is 0. The number of carbonyl (C=O) groups excluding carboxylic acids is 2. The summed E-state index contributed by atoms with van der Waals surface area (Å²) in [6, 6.07) is 9.30. The molecule has 170 valence electrons. The third-order valence-electron chi connectivity index (χ3n) is 5.95. The molecule has 1 aromatic heterocycles. The van der Waals surface area contributed by atoms with Crippen molar-refractivity contribution in [2.45, 2.75) is 32.2 Å². The second-order valence-corrected chi connectivity index (χ2v) is 8.02. The average molecular weight is 440 g/mol. The number of fused-ring (bicyclic) bond motifs is 1. The quantitative estimate of drug-likeness (QED) is 0.689. The summed E-state index contributed by atoms with van der Waals surface area (Å²) in [5.41, 5.74) is 2.38. The van der Waals surface area contributed by atoms with Crippen LogP contribution in [0.5, 0.6) is 17.5 Å². The molecule has 0 aliphatic carbocycles. The van der Waals surface area contributed by atoms with Crippen molar-refractivity contribution in [3.8, 4) is 17.5 Å². The standard InChI is InChI=1S/C24H29N3O5/c1-30-21-9-7-19(23(25-21)31-2)24(29)27-13-14-32-20-8-5-17(15-18(20)16-27)6-10-22(28)26-11-3-4-12-26/h5,7-9,15H,3-4,6,10-14,16H2,1-2H3. The van der Waals surface area contributed by atoms with E-state index in [-0.39, 0.29) is 17.7 Å². The van der Waals surface area contributed by atoms with Crippen LogP contribution in [0.15, 0.2) is 30.3 Å². The van der Waals surface area contributed by atoms with E-state index in [4.69, 9.17) is 14.2 Å². The Bertz CT molecular complexity index is 988. The minimum atomic E-state index is -0.178. The molecule has 0 saturated carbocycles. The van der Waals surface area contributed by atoms with Crippen molar-refractivity contribution in [2.75, 3.05) is 40.5 Å². The monoisotopic (exact) mass is 439 g/mol. The molecule has 0 spiro atoms. The second kappa shape index (κ2) is 9.89. The van der Waals surface area contributed by atoms with Gasteiger partial charge in [0.25, 0.3) is 5.91 Å². The maximum absolute atomic E-state index is 13.2. The van der Waals surface area contributed by atoms with Crippen molar-refractivity contribution >= 4 is 11.8 Å². The predicted octanol–water partition coefficient (Wildman–Crippen LogP) is 2.69. The first-order chi connectivity index (χ1) is 15.6. The van der Waals surface area contributed by atoms with Gasteiger partial charge in [0.05, 0.1) is 20.8 Å². The highest BCUT2D eigenvalue weighted by Crippen LogP contribution is 2.28. The number of amides is 2. The first-order valence-corrected chi connectivity index (χ1v) is 11.0. The Balaban J connectivity index is 1.48. The SMILES string of the molecule is COc1ccc(C(=O)N2CCOc3ccc(CCC(=O)N4CCCC4)cc3C2)c(OC)n1. The lowest BCUT2D eigenvalue weighted by atomic mass is 10.0. The van der Waals surface area contributed by atoms with Gasteiger partial charge in [0.15, 0.2) is 0 Å². The molecule has 1 aromatic carbocycles. The van der Waals surface area contributed by atoms with E-state index in [0.29, 0.717) is 44.0 Å². The molecule has 1 fully saturated rings. The molecule has 0 N–H and O–H groups in total. The van der Waals surface area contributed by atoms with Crippen LogP contribution in [0, 0.1) is 0 Å². The highest BCUT2D eigenvalue weighted by Gasteiger charge is 2.25. The van der Waals surface area contributed by atoms with E-state index in [0.717, 1.165) is 42.8 Å². The van der Waals surface area contributed by atoms with Gasteiger partial charge in [-0.1, -0.05) is 12.1 Å². The van der Waals surface area contributed by atoms with Gasteiger partial charge in [-0.15, -0.1) is 0 Å². The maximum Gasteiger partial charge on any atom is 0.259 e. The molecule has 32 heavy (non-hydrogen) atoms. The zero-order chi connectivity index (χ0) is 22.5. The van der Waals surface area contributed by atoms with E-state index < -0.39 is 0 Å². The van der Waals surface area contributed by atoms with Crippen LogP contribution in [-0.2, 0) is 17.8 Å². The summed E-state index contributed by atoms with van der Waals surface area (Å²) in [5, 5.41) is 0. The zero-order valence-electron chi connectivity index (χ0n) is 18.6. The van der Waals surface area contributed by atoms with Crippen molar-refractivity contribution in [3.63, 3.8) is 0 Å². The van der Waals surface area contributed by atoms with Gasteiger partial charge < -0.3 is 24.0 Å². The lowest BCUT2D eigenvalue weighted by molar-refractivity contribution is -0.130. The van der Waals surface area contributed by atoms with E-state index in [1.165, 1.54) is 14.2 Å². The van der Waals surface area contributed by atoms with Crippen LogP contribution in [0.2, 0.25) is 0 Å². The Kier molecular flexibility index (Phi) is 6.78. The van der Waals surface area contributed by atoms with Gasteiger partial charge in [0.2, 0.25) is 17.7 Å². The predicted molar refractivity (Wildman–Crippen MR) is 118 cm³/mol. The maximum atomic E-state index is 13.2. The molecular weight excluding hydrogens is 410 g/mol. The molecule has 0 radical (unpaired) electrons. The van der Waals surface area contributed by atoms with Crippen molar-refractivity contribution in [1.29, 1.82) is 0 Å². The van der Waals surface area contributed by atoms with Crippen LogP contribution in [0.1, 0.15) is 40.7 Å². The summed E-state index contributed by atoms with van der Waals surface area (Å²) in [7, 11) is 3.00. The molecule has 8 nitrogen and oxygen atoms in total. The van der Waals surface area contributed by atoms with Crippen LogP contribution < -0.4 is 14.2 Å². The molecule has 2 aliphatic heterocycles. The topological polar surface area (TPSA) is 81.2 Å². The van der Waals surface area contributed by atoms with E-state index >= 15 is 0 Å². The number of likely N-dealkylation sites (tertiary alicyclic amines) is 1. The third kappa shape index (κ3) is 4.79. The van der Waals surface area contributed by atoms with Gasteiger partial charge in [0.1, 0.15) is 17.9 Å². The van der Waals surface area contributed by atoms with Crippen molar-refractivity contribution in [3.05, 3.63) is 47.0 Å².